The second-order valence-corrected chi connectivity index (χ2v) is 8.19. The lowest BCUT2D eigenvalue weighted by molar-refractivity contribution is 0.0682. The van der Waals surface area contributed by atoms with Gasteiger partial charge in [-0.1, -0.05) is 6.07 Å². The maximum Gasteiger partial charge on any atom is 0.264 e. The quantitative estimate of drug-likeness (QED) is 0.847. The van der Waals surface area contributed by atoms with Gasteiger partial charge in [0.15, 0.2) is 0 Å². The Morgan fingerprint density at radius 3 is 2.69 bits per heavy atom. The minimum atomic E-state index is -0.289. The van der Waals surface area contributed by atoms with E-state index in [-0.39, 0.29) is 36.8 Å². The number of carbonyl (C=O) groups excluding carboxylic acids is 1. The third kappa shape index (κ3) is 3.36. The molecule has 0 spiro atoms. The first kappa shape index (κ1) is 19.5. The van der Waals surface area contributed by atoms with Crippen molar-refractivity contribution in [3.63, 3.8) is 0 Å². The molecule has 7 heteroatoms. The molecule has 3 heterocycles. The largest absolute Gasteiger partial charge is 0.380 e. The van der Waals surface area contributed by atoms with E-state index < -0.39 is 0 Å². The van der Waals surface area contributed by atoms with Gasteiger partial charge in [0.2, 0.25) is 0 Å². The Labute approximate surface area is 163 Å². The fraction of sp³-hybridized carbons (Fsp3) is 0.526. The Balaban J connectivity index is 0.00000196. The molecule has 1 aromatic heterocycles. The summed E-state index contributed by atoms with van der Waals surface area (Å²) in [7, 11) is 3.46. The van der Waals surface area contributed by atoms with Gasteiger partial charge in [-0.25, -0.2) is 4.39 Å². The topological polar surface area (TPSA) is 41.6 Å². The molecule has 1 aromatic carbocycles. The van der Waals surface area contributed by atoms with Gasteiger partial charge in [-0.2, -0.15) is 0 Å². The van der Waals surface area contributed by atoms with Crippen molar-refractivity contribution in [1.82, 2.24) is 10.2 Å². The van der Waals surface area contributed by atoms with Crippen molar-refractivity contribution < 1.29 is 13.9 Å². The summed E-state index contributed by atoms with van der Waals surface area (Å²) in [5, 5.41) is 4.13. The summed E-state index contributed by atoms with van der Waals surface area (Å²) < 4.78 is 20.4. The average Bonchev–Trinajstić information content (AvgIpc) is 3.14. The highest BCUT2D eigenvalue weighted by Crippen LogP contribution is 2.36. The van der Waals surface area contributed by atoms with E-state index in [0.717, 1.165) is 17.5 Å². The van der Waals surface area contributed by atoms with Crippen molar-refractivity contribution in [3.05, 3.63) is 34.5 Å². The molecule has 2 atom stereocenters. The Morgan fingerprint density at radius 1 is 1.35 bits per heavy atom. The Bertz CT molecular complexity index is 800. The number of amides is 1. The maximum atomic E-state index is 14.3. The molecule has 142 valence electrons. The van der Waals surface area contributed by atoms with Gasteiger partial charge >= 0.3 is 0 Å². The van der Waals surface area contributed by atoms with E-state index in [1.807, 2.05) is 18.0 Å². The van der Waals surface area contributed by atoms with Crippen molar-refractivity contribution in [2.24, 2.45) is 0 Å². The van der Waals surface area contributed by atoms with Crippen molar-refractivity contribution in [1.29, 1.82) is 0 Å². The summed E-state index contributed by atoms with van der Waals surface area (Å²) in [6.45, 7) is 0.243. The molecule has 2 unspecified atom stereocenters. The van der Waals surface area contributed by atoms with Gasteiger partial charge < -0.3 is 15.0 Å². The van der Waals surface area contributed by atoms with Crippen LogP contribution in [0.3, 0.4) is 0 Å². The first-order valence-corrected chi connectivity index (χ1v) is 9.62. The van der Waals surface area contributed by atoms with E-state index >= 15 is 0 Å². The lowest BCUT2D eigenvalue weighted by atomic mass is 9.98. The van der Waals surface area contributed by atoms with Crippen LogP contribution >= 0.6 is 23.7 Å². The molecular formula is C19H24ClFN2O2S. The number of ether oxygens (including phenoxy) is 1. The van der Waals surface area contributed by atoms with E-state index in [4.69, 9.17) is 4.74 Å². The van der Waals surface area contributed by atoms with Crippen LogP contribution in [0.1, 0.15) is 40.9 Å². The molecule has 4 nitrogen and oxygen atoms in total. The molecule has 2 aromatic rings. The number of hydrogen-bond acceptors (Lipinski definition) is 4. The zero-order valence-corrected chi connectivity index (χ0v) is 16.6. The van der Waals surface area contributed by atoms with Gasteiger partial charge in [-0.05, 0) is 37.8 Å². The maximum absolute atomic E-state index is 14.3. The summed E-state index contributed by atoms with van der Waals surface area (Å²) >= 11 is 1.37. The number of methoxy groups -OCH3 is 1. The number of nitrogens with one attached hydrogen (secondary N) is 1. The van der Waals surface area contributed by atoms with Crippen LogP contribution in [0.25, 0.3) is 10.1 Å². The highest BCUT2D eigenvalue weighted by Gasteiger charge is 2.37. The molecule has 2 aliphatic rings. The van der Waals surface area contributed by atoms with Gasteiger partial charge in [0.1, 0.15) is 5.82 Å². The average molecular weight is 399 g/mol. The molecule has 1 amide bonds. The van der Waals surface area contributed by atoms with E-state index in [1.54, 1.807) is 13.2 Å². The number of carbonyl (C=O) groups is 1. The van der Waals surface area contributed by atoms with E-state index in [1.165, 1.54) is 30.2 Å². The number of benzene rings is 1. The second-order valence-electron chi connectivity index (χ2n) is 7.13. The summed E-state index contributed by atoms with van der Waals surface area (Å²) in [6, 6.07) is 6.29. The van der Waals surface area contributed by atoms with Crippen LogP contribution in [0.15, 0.2) is 18.2 Å². The Morgan fingerprint density at radius 2 is 2.04 bits per heavy atom. The highest BCUT2D eigenvalue weighted by atomic mass is 35.5. The van der Waals surface area contributed by atoms with E-state index in [0.29, 0.717) is 27.9 Å². The number of rotatable bonds is 4. The molecule has 2 aliphatic heterocycles. The molecule has 0 aliphatic carbocycles. The highest BCUT2D eigenvalue weighted by molar-refractivity contribution is 7.21. The van der Waals surface area contributed by atoms with Gasteiger partial charge in [0.25, 0.3) is 5.91 Å². The smallest absolute Gasteiger partial charge is 0.264 e. The zero-order valence-electron chi connectivity index (χ0n) is 15.0. The fourth-order valence-electron chi connectivity index (χ4n) is 4.29. The van der Waals surface area contributed by atoms with Crippen LogP contribution in [0.4, 0.5) is 4.39 Å². The molecule has 4 rings (SSSR count). The van der Waals surface area contributed by atoms with Gasteiger partial charge in [-0.3, -0.25) is 4.79 Å². The first-order valence-electron chi connectivity index (χ1n) is 8.80. The third-order valence-electron chi connectivity index (χ3n) is 5.56. The molecular weight excluding hydrogens is 375 g/mol. The summed E-state index contributed by atoms with van der Waals surface area (Å²) in [5.74, 6) is -0.304. The second kappa shape index (κ2) is 7.80. The van der Waals surface area contributed by atoms with E-state index in [2.05, 4.69) is 5.32 Å². The van der Waals surface area contributed by atoms with Crippen molar-refractivity contribution in [2.45, 2.75) is 50.4 Å². The predicted octanol–water partition coefficient (Wildman–Crippen LogP) is 3.96. The van der Waals surface area contributed by atoms with Crippen molar-refractivity contribution >= 4 is 39.7 Å². The molecule has 2 fully saturated rings. The first-order chi connectivity index (χ1) is 12.1. The SMILES string of the molecule is COCc1c(C(=O)N(C)C2CC3CCC(C2)N3)sc2cccc(F)c12.Cl. The molecule has 0 radical (unpaired) electrons. The summed E-state index contributed by atoms with van der Waals surface area (Å²) in [6.07, 6.45) is 4.40. The van der Waals surface area contributed by atoms with Crippen LogP contribution in [0, 0.1) is 5.82 Å². The van der Waals surface area contributed by atoms with E-state index in [9.17, 15) is 9.18 Å². The number of piperidine rings is 1. The number of halogens is 2. The number of hydrogen-bond donors (Lipinski definition) is 1. The number of fused-ring (bicyclic) bond motifs is 3. The van der Waals surface area contributed by atoms with Crippen molar-refractivity contribution in [3.8, 4) is 0 Å². The molecule has 26 heavy (non-hydrogen) atoms. The molecule has 1 N–H and O–H groups in total. The number of thiophene rings is 1. The molecule has 0 saturated carbocycles. The minimum absolute atomic E-state index is 0. The van der Waals surface area contributed by atoms with Gasteiger partial charge in [-0.15, -0.1) is 23.7 Å². The standard InChI is InChI=1S/C19H23FN2O2S.ClH/c1-22(13-8-11-6-7-12(9-13)21-11)19(23)18-14(10-24-2)17-15(20)4-3-5-16(17)25-18;/h3-5,11-13,21H,6-10H2,1-2H3;1H. The van der Waals surface area contributed by atoms with Crippen LogP contribution in [-0.2, 0) is 11.3 Å². The Hall–Kier alpha value is -1.21. The van der Waals surface area contributed by atoms with Crippen LogP contribution < -0.4 is 5.32 Å². The molecule has 2 saturated heterocycles. The molecule has 2 bridgehead atoms. The van der Waals surface area contributed by atoms with Crippen molar-refractivity contribution in [2.75, 3.05) is 14.2 Å². The summed E-state index contributed by atoms with van der Waals surface area (Å²) in [5.41, 5.74) is 0.675. The van der Waals surface area contributed by atoms with Crippen LogP contribution in [0.5, 0.6) is 0 Å². The normalized spacial score (nSPS) is 24.5. The Kier molecular flexibility index (Phi) is 5.87. The monoisotopic (exact) mass is 398 g/mol. The van der Waals surface area contributed by atoms with Crippen LogP contribution in [-0.4, -0.2) is 43.1 Å². The lowest BCUT2D eigenvalue weighted by Crippen LogP contribution is -2.48. The summed E-state index contributed by atoms with van der Waals surface area (Å²) in [4.78, 5) is 15.7. The predicted molar refractivity (Wildman–Crippen MR) is 105 cm³/mol. The van der Waals surface area contributed by atoms with Crippen LogP contribution in [0.2, 0.25) is 0 Å². The van der Waals surface area contributed by atoms with Gasteiger partial charge in [0, 0.05) is 47.9 Å². The minimum Gasteiger partial charge on any atom is -0.380 e. The fourth-order valence-corrected chi connectivity index (χ4v) is 5.50. The third-order valence-corrected chi connectivity index (χ3v) is 6.75. The lowest BCUT2D eigenvalue weighted by Gasteiger charge is -2.35. The zero-order chi connectivity index (χ0) is 17.6. The number of nitrogens with zero attached hydrogens (tertiary/aromatic N) is 1. The van der Waals surface area contributed by atoms with Gasteiger partial charge in [0.05, 0.1) is 11.5 Å².